The molecule has 2 rings (SSSR count). The molecule has 1 heterocycles. The molecule has 17 heavy (non-hydrogen) atoms. The number of unbranched alkanes of at least 4 members (excludes halogenated alkanes) is 1. The van der Waals surface area contributed by atoms with Crippen LogP contribution >= 0.6 is 11.6 Å². The van der Waals surface area contributed by atoms with Gasteiger partial charge in [-0.1, -0.05) is 43.1 Å². The number of benzene rings is 1. The summed E-state index contributed by atoms with van der Waals surface area (Å²) in [5, 5.41) is 11.2. The van der Waals surface area contributed by atoms with Gasteiger partial charge in [-0.05, 0) is 18.9 Å². The summed E-state index contributed by atoms with van der Waals surface area (Å²) in [4.78, 5) is 0. The summed E-state index contributed by atoms with van der Waals surface area (Å²) in [5.41, 5.74) is 3.22. The van der Waals surface area contributed by atoms with E-state index in [1.807, 2.05) is 12.1 Å². The van der Waals surface area contributed by atoms with Gasteiger partial charge >= 0.3 is 0 Å². The molecule has 2 nitrogen and oxygen atoms in total. The zero-order valence-corrected chi connectivity index (χ0v) is 11.1. The van der Waals surface area contributed by atoms with Crippen LogP contribution in [0.3, 0.4) is 0 Å². The Bertz CT molecular complexity index is 530. The van der Waals surface area contributed by atoms with Gasteiger partial charge in [0.1, 0.15) is 5.15 Å². The number of halogens is 1. The van der Waals surface area contributed by atoms with E-state index in [1.165, 1.54) is 5.56 Å². The van der Waals surface area contributed by atoms with Crippen molar-refractivity contribution >= 4 is 22.5 Å². The van der Waals surface area contributed by atoms with Crippen LogP contribution in [0.5, 0.6) is 0 Å². The number of para-hydroxylation sites is 1. The fourth-order valence-corrected chi connectivity index (χ4v) is 2.64. The van der Waals surface area contributed by atoms with Crippen molar-refractivity contribution in [1.82, 2.24) is 4.57 Å². The third kappa shape index (κ3) is 2.07. The number of aliphatic hydroxyl groups excluding tert-OH is 1. The molecule has 0 aliphatic carbocycles. The molecule has 0 aliphatic heterocycles. The fraction of sp³-hybridized carbons (Fsp3) is 0.429. The first-order valence-corrected chi connectivity index (χ1v) is 6.45. The lowest BCUT2D eigenvalue weighted by molar-refractivity contribution is 0.283. The lowest BCUT2D eigenvalue weighted by Crippen LogP contribution is -1.98. The first kappa shape index (κ1) is 12.5. The van der Waals surface area contributed by atoms with Gasteiger partial charge in [-0.15, -0.1) is 0 Å². The topological polar surface area (TPSA) is 25.2 Å². The Morgan fingerprint density at radius 1 is 1.35 bits per heavy atom. The number of fused-ring (bicyclic) bond motifs is 1. The Labute approximate surface area is 107 Å². The number of nitrogens with zero attached hydrogens (tertiary/aromatic N) is 1. The van der Waals surface area contributed by atoms with Gasteiger partial charge in [0.05, 0.1) is 12.1 Å². The monoisotopic (exact) mass is 251 g/mol. The Hall–Kier alpha value is -0.990. The average Bonchev–Trinajstić information content (AvgIpc) is 2.60. The Morgan fingerprint density at radius 3 is 2.76 bits per heavy atom. The SMILES string of the molecule is CCCCn1c(Cl)c(CO)c2cccc(C)c21. The number of aliphatic hydroxyl groups is 1. The predicted octanol–water partition coefficient (Wildman–Crippen LogP) is 3.90. The zero-order chi connectivity index (χ0) is 12.4. The second-order valence-electron chi connectivity index (χ2n) is 4.40. The van der Waals surface area contributed by atoms with Crippen molar-refractivity contribution in [3.05, 3.63) is 34.5 Å². The molecule has 0 fully saturated rings. The van der Waals surface area contributed by atoms with Crippen molar-refractivity contribution in [2.24, 2.45) is 0 Å². The molecule has 3 heteroatoms. The van der Waals surface area contributed by atoms with Crippen LogP contribution in [0.1, 0.15) is 30.9 Å². The normalized spacial score (nSPS) is 11.3. The van der Waals surface area contributed by atoms with Crippen molar-refractivity contribution in [2.75, 3.05) is 0 Å². The molecule has 0 spiro atoms. The van der Waals surface area contributed by atoms with E-state index in [-0.39, 0.29) is 6.61 Å². The molecule has 1 aromatic heterocycles. The van der Waals surface area contributed by atoms with E-state index in [4.69, 9.17) is 11.6 Å². The third-order valence-corrected chi connectivity index (χ3v) is 3.64. The van der Waals surface area contributed by atoms with Crippen molar-refractivity contribution in [1.29, 1.82) is 0 Å². The molecule has 0 unspecified atom stereocenters. The number of rotatable bonds is 4. The van der Waals surface area contributed by atoms with E-state index in [1.54, 1.807) is 0 Å². The second-order valence-corrected chi connectivity index (χ2v) is 4.76. The number of hydrogen-bond acceptors (Lipinski definition) is 1. The highest BCUT2D eigenvalue weighted by atomic mass is 35.5. The van der Waals surface area contributed by atoms with Crippen LogP contribution in [0.4, 0.5) is 0 Å². The first-order valence-electron chi connectivity index (χ1n) is 6.07. The summed E-state index contributed by atoms with van der Waals surface area (Å²) in [6.07, 6.45) is 2.24. The third-order valence-electron chi connectivity index (χ3n) is 3.21. The van der Waals surface area contributed by atoms with E-state index in [2.05, 4.69) is 24.5 Å². The molecule has 0 saturated heterocycles. The summed E-state index contributed by atoms with van der Waals surface area (Å²) < 4.78 is 2.13. The first-order chi connectivity index (χ1) is 8.20. The van der Waals surface area contributed by atoms with Crippen LogP contribution in [-0.2, 0) is 13.2 Å². The van der Waals surface area contributed by atoms with Crippen LogP contribution in [-0.4, -0.2) is 9.67 Å². The maximum atomic E-state index is 9.45. The standard InChI is InChI=1S/C14H18ClNO/c1-3-4-8-16-13-10(2)6-5-7-11(13)12(9-17)14(16)15/h5-7,17H,3-4,8-9H2,1-2H3. The molecule has 0 atom stereocenters. The number of aryl methyl sites for hydroxylation is 2. The fourth-order valence-electron chi connectivity index (χ4n) is 2.31. The molecule has 2 aromatic rings. The summed E-state index contributed by atoms with van der Waals surface area (Å²) in [6.45, 7) is 5.16. The molecular weight excluding hydrogens is 234 g/mol. The lowest BCUT2D eigenvalue weighted by atomic mass is 10.1. The minimum atomic E-state index is -0.00207. The largest absolute Gasteiger partial charge is 0.392 e. The van der Waals surface area contributed by atoms with Crippen molar-refractivity contribution in [3.63, 3.8) is 0 Å². The van der Waals surface area contributed by atoms with Gasteiger partial charge in [-0.2, -0.15) is 0 Å². The summed E-state index contributed by atoms with van der Waals surface area (Å²) in [5.74, 6) is 0. The van der Waals surface area contributed by atoms with Crippen LogP contribution in [0.25, 0.3) is 10.9 Å². The molecular formula is C14H18ClNO. The molecule has 0 bridgehead atoms. The minimum absolute atomic E-state index is 0.00207. The van der Waals surface area contributed by atoms with Crippen molar-refractivity contribution in [2.45, 2.75) is 39.8 Å². The molecule has 1 N–H and O–H groups in total. The Kier molecular flexibility index (Phi) is 3.75. The van der Waals surface area contributed by atoms with Gasteiger partial charge in [-0.3, -0.25) is 0 Å². The van der Waals surface area contributed by atoms with Crippen molar-refractivity contribution in [3.8, 4) is 0 Å². The summed E-state index contributed by atoms with van der Waals surface area (Å²) in [7, 11) is 0. The highest BCUT2D eigenvalue weighted by molar-refractivity contribution is 6.32. The smallest absolute Gasteiger partial charge is 0.115 e. The predicted molar refractivity (Wildman–Crippen MR) is 72.5 cm³/mol. The van der Waals surface area contributed by atoms with Gasteiger partial charge < -0.3 is 9.67 Å². The zero-order valence-electron chi connectivity index (χ0n) is 10.3. The van der Waals surface area contributed by atoms with E-state index in [0.717, 1.165) is 35.9 Å². The molecule has 0 radical (unpaired) electrons. The van der Waals surface area contributed by atoms with E-state index in [0.29, 0.717) is 5.15 Å². The van der Waals surface area contributed by atoms with Crippen molar-refractivity contribution < 1.29 is 5.11 Å². The quantitative estimate of drug-likeness (QED) is 0.876. The van der Waals surface area contributed by atoms with Gasteiger partial charge in [-0.25, -0.2) is 0 Å². The van der Waals surface area contributed by atoms with Gasteiger partial charge in [0.2, 0.25) is 0 Å². The number of aromatic nitrogens is 1. The highest BCUT2D eigenvalue weighted by Crippen LogP contribution is 2.32. The van der Waals surface area contributed by atoms with Gasteiger partial charge in [0.25, 0.3) is 0 Å². The van der Waals surface area contributed by atoms with Crippen LogP contribution in [0.15, 0.2) is 18.2 Å². The van der Waals surface area contributed by atoms with Gasteiger partial charge in [0, 0.05) is 17.5 Å². The summed E-state index contributed by atoms with van der Waals surface area (Å²) >= 11 is 6.36. The maximum absolute atomic E-state index is 9.45. The molecule has 0 aliphatic rings. The van der Waals surface area contributed by atoms with Crippen LogP contribution < -0.4 is 0 Å². The molecule has 0 saturated carbocycles. The Morgan fingerprint density at radius 2 is 2.12 bits per heavy atom. The molecule has 92 valence electrons. The highest BCUT2D eigenvalue weighted by Gasteiger charge is 2.15. The van der Waals surface area contributed by atoms with E-state index < -0.39 is 0 Å². The molecule has 1 aromatic carbocycles. The van der Waals surface area contributed by atoms with E-state index >= 15 is 0 Å². The second kappa shape index (κ2) is 5.11. The van der Waals surface area contributed by atoms with Gasteiger partial charge in [0.15, 0.2) is 0 Å². The maximum Gasteiger partial charge on any atom is 0.115 e. The molecule has 0 amide bonds. The average molecular weight is 252 g/mol. The van der Waals surface area contributed by atoms with Crippen LogP contribution in [0.2, 0.25) is 5.15 Å². The Balaban J connectivity index is 2.67. The van der Waals surface area contributed by atoms with E-state index in [9.17, 15) is 5.11 Å². The lowest BCUT2D eigenvalue weighted by Gasteiger charge is -2.07. The summed E-state index contributed by atoms with van der Waals surface area (Å²) in [6, 6.07) is 6.13. The minimum Gasteiger partial charge on any atom is -0.392 e. The number of hydrogen-bond donors (Lipinski definition) is 1. The van der Waals surface area contributed by atoms with Crippen LogP contribution in [0, 0.1) is 6.92 Å².